The highest BCUT2D eigenvalue weighted by molar-refractivity contribution is 7.51. The average molecular weight is 665 g/mol. The molecule has 4 N–H and O–H groups in total. The molecule has 0 aliphatic carbocycles. The smallest absolute Gasteiger partial charge is 0.362 e. The maximum Gasteiger partial charge on any atom is 0.362 e. The Morgan fingerprint density at radius 2 is 1.58 bits per heavy atom. The SMILES string of the molecule is O=C1OCCC=CCCC=CC(=NOCC(=O)N2CCCCC2)Cc2c(Cl)c(OCP(=O)(O)O)cc(OCP(=O)(O)O)c21. The van der Waals surface area contributed by atoms with Crippen molar-refractivity contribution in [3.63, 3.8) is 0 Å². The molecule has 0 radical (unpaired) electrons. The topological polar surface area (TPSA) is 202 Å². The number of rotatable bonds is 9. The highest BCUT2D eigenvalue weighted by atomic mass is 35.5. The minimum Gasteiger partial charge on any atom is -0.480 e. The van der Waals surface area contributed by atoms with E-state index < -0.39 is 39.6 Å². The second-order valence-corrected chi connectivity index (χ2v) is 13.3. The summed E-state index contributed by atoms with van der Waals surface area (Å²) in [7, 11) is -9.41. The van der Waals surface area contributed by atoms with Crippen LogP contribution in [0.25, 0.3) is 0 Å². The molecule has 0 atom stereocenters. The minimum absolute atomic E-state index is 0.0285. The van der Waals surface area contributed by atoms with Crippen LogP contribution in [0, 0.1) is 0 Å². The van der Waals surface area contributed by atoms with Crippen LogP contribution in [-0.4, -0.2) is 81.1 Å². The Hall–Kier alpha value is -2.70. The van der Waals surface area contributed by atoms with E-state index >= 15 is 0 Å². The Balaban J connectivity index is 2.06. The summed E-state index contributed by atoms with van der Waals surface area (Å²) in [5, 5.41) is 3.86. The van der Waals surface area contributed by atoms with Gasteiger partial charge in [0.1, 0.15) is 17.1 Å². The molecule has 2 aliphatic rings. The van der Waals surface area contributed by atoms with Gasteiger partial charge in [0.05, 0.1) is 17.3 Å². The van der Waals surface area contributed by atoms with Crippen LogP contribution in [0.15, 0.2) is 35.5 Å². The molecule has 14 nitrogen and oxygen atoms in total. The monoisotopic (exact) mass is 664 g/mol. The number of fused-ring (bicyclic) bond motifs is 1. The zero-order valence-corrected chi connectivity index (χ0v) is 25.8. The number of hydrogen-bond acceptors (Lipinski definition) is 9. The van der Waals surface area contributed by atoms with Crippen molar-refractivity contribution in [2.45, 2.75) is 44.9 Å². The highest BCUT2D eigenvalue weighted by Gasteiger charge is 2.29. The second-order valence-electron chi connectivity index (χ2n) is 9.77. The molecule has 3 rings (SSSR count). The molecule has 0 saturated carbocycles. The lowest BCUT2D eigenvalue weighted by atomic mass is 9.99. The molecule has 0 unspecified atom stereocenters. The Morgan fingerprint density at radius 3 is 2.26 bits per heavy atom. The summed E-state index contributed by atoms with van der Waals surface area (Å²) in [6, 6.07) is 0.997. The fourth-order valence-electron chi connectivity index (χ4n) is 4.22. The van der Waals surface area contributed by atoms with Crippen LogP contribution in [0.5, 0.6) is 11.5 Å². The molecule has 0 spiro atoms. The summed E-state index contributed by atoms with van der Waals surface area (Å²) in [5.41, 5.74) is -0.123. The normalized spacial score (nSPS) is 18.0. The van der Waals surface area contributed by atoms with E-state index in [1.54, 1.807) is 17.1 Å². The third-order valence-electron chi connectivity index (χ3n) is 6.20. The number of cyclic esters (lactones) is 1. The standard InChI is InChI=1S/C26H35ClN2O12P2/c27-25-20-14-19(28-41-16-23(30)29-11-7-5-8-12-29)10-6-3-1-2-4-9-13-38-26(31)24(20)21(39-17-42(32,33)34)15-22(25)40-18-43(35,36)37/h2,4,6,10,15H,1,3,5,7-9,11-14,16-18H2,(H2,32,33,34)(H2,35,36,37). The van der Waals surface area contributed by atoms with Crippen molar-refractivity contribution in [1.82, 2.24) is 4.90 Å². The number of ether oxygens (including phenoxy) is 3. The zero-order valence-electron chi connectivity index (χ0n) is 23.3. The maximum atomic E-state index is 13.3. The van der Waals surface area contributed by atoms with Crippen LogP contribution in [0.4, 0.5) is 0 Å². The Labute approximate surface area is 253 Å². The third kappa shape index (κ3) is 12.1. The molecular weight excluding hydrogens is 630 g/mol. The molecule has 238 valence electrons. The molecule has 0 bridgehead atoms. The van der Waals surface area contributed by atoms with Crippen molar-refractivity contribution in [2.75, 3.05) is 39.0 Å². The van der Waals surface area contributed by atoms with E-state index in [2.05, 4.69) is 5.16 Å². The molecule has 0 aromatic heterocycles. The number of carbonyl (C=O) groups excluding carboxylic acids is 2. The van der Waals surface area contributed by atoms with Crippen molar-refractivity contribution in [3.05, 3.63) is 46.5 Å². The number of benzene rings is 1. The number of piperidine rings is 1. The van der Waals surface area contributed by atoms with Gasteiger partial charge in [-0.3, -0.25) is 13.9 Å². The maximum absolute atomic E-state index is 13.3. The summed E-state index contributed by atoms with van der Waals surface area (Å²) < 4.78 is 39.0. The van der Waals surface area contributed by atoms with Crippen LogP contribution in [0.2, 0.25) is 5.02 Å². The molecule has 43 heavy (non-hydrogen) atoms. The number of amides is 1. The quantitative estimate of drug-likeness (QED) is 0.129. The van der Waals surface area contributed by atoms with Gasteiger partial charge in [-0.1, -0.05) is 35.0 Å². The molecule has 1 amide bonds. The summed E-state index contributed by atoms with van der Waals surface area (Å²) >= 11 is 6.60. The van der Waals surface area contributed by atoms with Gasteiger partial charge in [0, 0.05) is 25.6 Å². The lowest BCUT2D eigenvalue weighted by Crippen LogP contribution is -2.37. The van der Waals surface area contributed by atoms with Crippen LogP contribution in [0.3, 0.4) is 0 Å². The van der Waals surface area contributed by atoms with Gasteiger partial charge >= 0.3 is 21.2 Å². The summed E-state index contributed by atoms with van der Waals surface area (Å²) in [6.07, 6.45) is 9.26. The largest absolute Gasteiger partial charge is 0.480 e. The lowest BCUT2D eigenvalue weighted by Gasteiger charge is -2.26. The van der Waals surface area contributed by atoms with E-state index in [0.29, 0.717) is 32.4 Å². The van der Waals surface area contributed by atoms with E-state index in [1.807, 2.05) is 12.2 Å². The van der Waals surface area contributed by atoms with Gasteiger partial charge < -0.3 is 43.5 Å². The van der Waals surface area contributed by atoms with Crippen LogP contribution in [0.1, 0.15) is 54.4 Å². The lowest BCUT2D eigenvalue weighted by molar-refractivity contribution is -0.137. The van der Waals surface area contributed by atoms with E-state index in [9.17, 15) is 38.3 Å². The Kier molecular flexibility index (Phi) is 13.3. The first-order valence-corrected chi connectivity index (χ1v) is 17.5. The number of halogens is 1. The van der Waals surface area contributed by atoms with Gasteiger partial charge in [-0.15, -0.1) is 0 Å². The van der Waals surface area contributed by atoms with Gasteiger partial charge in [0.15, 0.2) is 19.3 Å². The van der Waals surface area contributed by atoms with Crippen LogP contribution >= 0.6 is 26.8 Å². The van der Waals surface area contributed by atoms with Crippen molar-refractivity contribution < 1.29 is 57.3 Å². The first-order chi connectivity index (χ1) is 20.3. The fourth-order valence-corrected chi connectivity index (χ4v) is 5.11. The summed E-state index contributed by atoms with van der Waals surface area (Å²) in [4.78, 5) is 70.4. The molecule has 1 aromatic carbocycles. The van der Waals surface area contributed by atoms with Crippen molar-refractivity contribution >= 4 is 44.4 Å². The van der Waals surface area contributed by atoms with Crippen LogP contribution in [-0.2, 0) is 29.9 Å². The first-order valence-electron chi connectivity index (χ1n) is 13.5. The number of nitrogens with zero attached hydrogens (tertiary/aromatic N) is 2. The van der Waals surface area contributed by atoms with Crippen LogP contribution < -0.4 is 9.47 Å². The van der Waals surface area contributed by atoms with Gasteiger partial charge in [-0.2, -0.15) is 0 Å². The molecule has 1 fully saturated rings. The average Bonchev–Trinajstić information content (AvgIpc) is 2.94. The number of allylic oxidation sites excluding steroid dienone is 3. The van der Waals surface area contributed by atoms with E-state index in [4.69, 9.17) is 30.6 Å². The minimum atomic E-state index is -4.73. The molecular formula is C26H35ClN2O12P2. The number of oxime groups is 1. The third-order valence-corrected chi connectivity index (χ3v) is 7.55. The molecule has 2 heterocycles. The molecule has 1 saturated heterocycles. The van der Waals surface area contributed by atoms with Crippen molar-refractivity contribution in [3.8, 4) is 11.5 Å². The number of carbonyl (C=O) groups is 2. The summed E-state index contributed by atoms with van der Waals surface area (Å²) in [6.45, 7) is 0.905. The Morgan fingerprint density at radius 1 is 0.953 bits per heavy atom. The summed E-state index contributed by atoms with van der Waals surface area (Å²) in [5.74, 6) is -1.90. The van der Waals surface area contributed by atoms with E-state index in [-0.39, 0.29) is 53.2 Å². The second kappa shape index (κ2) is 16.4. The van der Waals surface area contributed by atoms with Gasteiger partial charge in [-0.25, -0.2) is 4.79 Å². The first kappa shape index (κ1) is 34.8. The number of likely N-dealkylation sites (tertiary alicyclic amines) is 1. The van der Waals surface area contributed by atoms with Crippen molar-refractivity contribution in [1.29, 1.82) is 0 Å². The molecule has 1 aromatic rings. The Bertz CT molecular complexity index is 1330. The highest BCUT2D eigenvalue weighted by Crippen LogP contribution is 2.43. The predicted molar refractivity (Wildman–Crippen MR) is 156 cm³/mol. The molecule has 17 heteroatoms. The van der Waals surface area contributed by atoms with E-state index in [0.717, 1.165) is 25.3 Å². The fraction of sp³-hybridized carbons (Fsp3) is 0.500. The van der Waals surface area contributed by atoms with Gasteiger partial charge in [0.2, 0.25) is 0 Å². The number of hydrogen-bond donors (Lipinski definition) is 4. The zero-order chi connectivity index (χ0) is 31.5. The van der Waals surface area contributed by atoms with E-state index in [1.165, 1.54) is 0 Å². The number of esters is 1. The predicted octanol–water partition coefficient (Wildman–Crippen LogP) is 3.75. The van der Waals surface area contributed by atoms with Gasteiger partial charge in [0.25, 0.3) is 5.91 Å². The molecule has 2 aliphatic heterocycles. The van der Waals surface area contributed by atoms with Crippen molar-refractivity contribution in [2.24, 2.45) is 5.16 Å². The van der Waals surface area contributed by atoms with Gasteiger partial charge in [-0.05, 0) is 50.2 Å².